The summed E-state index contributed by atoms with van der Waals surface area (Å²) < 4.78 is 5.56. The van der Waals surface area contributed by atoms with E-state index in [2.05, 4.69) is 47.5 Å². The average molecular weight is 288 g/mol. The van der Waals surface area contributed by atoms with Gasteiger partial charge in [-0.3, -0.25) is 4.90 Å². The molecule has 2 saturated heterocycles. The summed E-state index contributed by atoms with van der Waals surface area (Å²) in [5, 5.41) is 3.76. The van der Waals surface area contributed by atoms with Gasteiger partial charge in [-0.1, -0.05) is 43.7 Å². The van der Waals surface area contributed by atoms with E-state index in [0.29, 0.717) is 18.1 Å². The minimum absolute atomic E-state index is 0.516. The zero-order chi connectivity index (χ0) is 14.5. The summed E-state index contributed by atoms with van der Waals surface area (Å²) in [6, 6.07) is 12.8. The van der Waals surface area contributed by atoms with Crippen molar-refractivity contribution in [3.05, 3.63) is 35.9 Å². The molecule has 2 aliphatic heterocycles. The highest BCUT2D eigenvalue weighted by Gasteiger charge is 2.33. The van der Waals surface area contributed by atoms with Crippen LogP contribution in [0.25, 0.3) is 0 Å². The first kappa shape index (κ1) is 15.0. The zero-order valence-corrected chi connectivity index (χ0v) is 13.1. The predicted octanol–water partition coefficient (Wildman–Crippen LogP) is 2.98. The number of piperazine rings is 1. The maximum atomic E-state index is 5.56. The van der Waals surface area contributed by atoms with Gasteiger partial charge in [0.05, 0.1) is 0 Å². The lowest BCUT2D eigenvalue weighted by Crippen LogP contribution is -2.56. The van der Waals surface area contributed by atoms with Crippen molar-refractivity contribution in [1.82, 2.24) is 10.2 Å². The molecular formula is C18H28N2O. The van der Waals surface area contributed by atoms with E-state index in [0.717, 1.165) is 19.8 Å². The Morgan fingerprint density at radius 2 is 1.95 bits per heavy atom. The molecule has 2 aliphatic rings. The molecule has 1 aromatic rings. The minimum atomic E-state index is 0.516. The van der Waals surface area contributed by atoms with Crippen LogP contribution in [0.4, 0.5) is 0 Å². The van der Waals surface area contributed by atoms with Crippen LogP contribution in [-0.4, -0.2) is 43.3 Å². The fourth-order valence-electron chi connectivity index (χ4n) is 3.79. The summed E-state index contributed by atoms with van der Waals surface area (Å²) in [4.78, 5) is 2.76. The second-order valence-electron chi connectivity index (χ2n) is 6.36. The van der Waals surface area contributed by atoms with Crippen molar-refractivity contribution < 1.29 is 4.74 Å². The van der Waals surface area contributed by atoms with Crippen LogP contribution in [0.5, 0.6) is 0 Å². The largest absolute Gasteiger partial charge is 0.381 e. The van der Waals surface area contributed by atoms with E-state index in [1.54, 1.807) is 0 Å². The van der Waals surface area contributed by atoms with E-state index in [1.165, 1.54) is 37.8 Å². The van der Waals surface area contributed by atoms with E-state index in [9.17, 15) is 0 Å². The Morgan fingerprint density at radius 3 is 2.67 bits per heavy atom. The molecule has 3 nitrogen and oxygen atoms in total. The zero-order valence-electron chi connectivity index (χ0n) is 13.1. The number of nitrogens with zero attached hydrogens (tertiary/aromatic N) is 1. The number of hydrogen-bond donors (Lipinski definition) is 1. The van der Waals surface area contributed by atoms with Gasteiger partial charge in [0.2, 0.25) is 0 Å². The smallest absolute Gasteiger partial charge is 0.0480 e. The van der Waals surface area contributed by atoms with Crippen LogP contribution in [0.1, 0.15) is 44.2 Å². The molecule has 21 heavy (non-hydrogen) atoms. The Balaban J connectivity index is 1.76. The van der Waals surface area contributed by atoms with Gasteiger partial charge in [-0.2, -0.15) is 0 Å². The summed E-state index contributed by atoms with van der Waals surface area (Å²) in [6.07, 6.45) is 4.90. The molecule has 116 valence electrons. The van der Waals surface area contributed by atoms with Gasteiger partial charge in [-0.05, 0) is 24.8 Å². The van der Waals surface area contributed by atoms with E-state index < -0.39 is 0 Å². The normalized spacial score (nSPS) is 28.6. The Bertz CT molecular complexity index is 416. The molecule has 1 N–H and O–H groups in total. The molecule has 2 atom stereocenters. The highest BCUT2D eigenvalue weighted by atomic mass is 16.5. The van der Waals surface area contributed by atoms with Crippen LogP contribution in [0.2, 0.25) is 0 Å². The van der Waals surface area contributed by atoms with Gasteiger partial charge in [0.1, 0.15) is 0 Å². The van der Waals surface area contributed by atoms with Crippen LogP contribution in [0, 0.1) is 0 Å². The number of ether oxygens (including phenoxy) is 1. The standard InChI is InChI=1S/C18H28N2O/c1-2-6-16-14-20(17-9-11-21-12-10-17)18(13-19-16)15-7-4-3-5-8-15/h3-5,7-8,16-19H,2,6,9-14H2,1H3. The van der Waals surface area contributed by atoms with Gasteiger partial charge in [-0.15, -0.1) is 0 Å². The summed E-state index contributed by atoms with van der Waals surface area (Å²) in [5.74, 6) is 0. The predicted molar refractivity (Wildman–Crippen MR) is 86.4 cm³/mol. The number of nitrogens with one attached hydrogen (secondary N) is 1. The molecule has 0 spiro atoms. The fraction of sp³-hybridized carbons (Fsp3) is 0.667. The quantitative estimate of drug-likeness (QED) is 0.922. The molecule has 2 fully saturated rings. The Hall–Kier alpha value is -0.900. The lowest BCUT2D eigenvalue weighted by atomic mass is 9.95. The SMILES string of the molecule is CCCC1CN(C2CCOCC2)C(c2ccccc2)CN1. The van der Waals surface area contributed by atoms with Crippen molar-refractivity contribution in [1.29, 1.82) is 0 Å². The summed E-state index contributed by atoms with van der Waals surface area (Å²) in [6.45, 7) is 6.39. The summed E-state index contributed by atoms with van der Waals surface area (Å²) in [7, 11) is 0. The maximum absolute atomic E-state index is 5.56. The Kier molecular flexibility index (Phi) is 5.28. The third-order valence-corrected chi connectivity index (χ3v) is 4.91. The van der Waals surface area contributed by atoms with E-state index in [1.807, 2.05) is 0 Å². The third-order valence-electron chi connectivity index (χ3n) is 4.91. The lowest BCUT2D eigenvalue weighted by Gasteiger charge is -2.46. The van der Waals surface area contributed by atoms with Crippen LogP contribution in [-0.2, 0) is 4.74 Å². The van der Waals surface area contributed by atoms with Crippen LogP contribution in [0.15, 0.2) is 30.3 Å². The molecule has 0 radical (unpaired) electrons. The van der Waals surface area contributed by atoms with Gasteiger partial charge in [0.15, 0.2) is 0 Å². The topological polar surface area (TPSA) is 24.5 Å². The molecular weight excluding hydrogens is 260 g/mol. The molecule has 2 unspecified atom stereocenters. The first-order chi connectivity index (χ1) is 10.4. The Morgan fingerprint density at radius 1 is 1.19 bits per heavy atom. The summed E-state index contributed by atoms with van der Waals surface area (Å²) in [5.41, 5.74) is 1.45. The Labute approximate surface area is 128 Å². The minimum Gasteiger partial charge on any atom is -0.381 e. The van der Waals surface area contributed by atoms with E-state index in [4.69, 9.17) is 4.74 Å². The van der Waals surface area contributed by atoms with Crippen molar-refractivity contribution in [3.8, 4) is 0 Å². The third kappa shape index (κ3) is 3.65. The van der Waals surface area contributed by atoms with Gasteiger partial charge in [-0.25, -0.2) is 0 Å². The molecule has 1 aromatic carbocycles. The molecule has 2 heterocycles. The van der Waals surface area contributed by atoms with Gasteiger partial charge in [0, 0.05) is 44.4 Å². The number of rotatable bonds is 4. The second kappa shape index (κ2) is 7.39. The molecule has 0 aliphatic carbocycles. The molecule has 0 saturated carbocycles. The van der Waals surface area contributed by atoms with Crippen LogP contribution < -0.4 is 5.32 Å². The fourth-order valence-corrected chi connectivity index (χ4v) is 3.79. The number of hydrogen-bond acceptors (Lipinski definition) is 3. The van der Waals surface area contributed by atoms with Crippen molar-refractivity contribution in [2.45, 2.75) is 50.7 Å². The average Bonchev–Trinajstić information content (AvgIpc) is 2.57. The maximum Gasteiger partial charge on any atom is 0.0480 e. The highest BCUT2D eigenvalue weighted by Crippen LogP contribution is 2.30. The van der Waals surface area contributed by atoms with Gasteiger partial charge >= 0.3 is 0 Å². The number of benzene rings is 1. The van der Waals surface area contributed by atoms with Crippen LogP contribution >= 0.6 is 0 Å². The van der Waals surface area contributed by atoms with Crippen molar-refractivity contribution in [3.63, 3.8) is 0 Å². The highest BCUT2D eigenvalue weighted by molar-refractivity contribution is 5.20. The molecule has 3 heteroatoms. The van der Waals surface area contributed by atoms with Crippen molar-refractivity contribution in [2.75, 3.05) is 26.3 Å². The second-order valence-corrected chi connectivity index (χ2v) is 6.36. The lowest BCUT2D eigenvalue weighted by molar-refractivity contribution is -0.00103. The van der Waals surface area contributed by atoms with E-state index in [-0.39, 0.29) is 0 Å². The van der Waals surface area contributed by atoms with Gasteiger partial charge in [0.25, 0.3) is 0 Å². The summed E-state index contributed by atoms with van der Waals surface area (Å²) >= 11 is 0. The molecule has 3 rings (SSSR count). The molecule has 0 aromatic heterocycles. The van der Waals surface area contributed by atoms with Crippen molar-refractivity contribution in [2.24, 2.45) is 0 Å². The first-order valence-corrected chi connectivity index (χ1v) is 8.50. The van der Waals surface area contributed by atoms with Crippen LogP contribution in [0.3, 0.4) is 0 Å². The molecule has 0 bridgehead atoms. The molecule has 0 amide bonds. The van der Waals surface area contributed by atoms with E-state index >= 15 is 0 Å². The monoisotopic (exact) mass is 288 g/mol. The van der Waals surface area contributed by atoms with Gasteiger partial charge < -0.3 is 10.1 Å². The van der Waals surface area contributed by atoms with Crippen molar-refractivity contribution >= 4 is 0 Å². The first-order valence-electron chi connectivity index (χ1n) is 8.50.